The van der Waals surface area contributed by atoms with Crippen molar-refractivity contribution >= 4 is 29.8 Å². The lowest BCUT2D eigenvalue weighted by Crippen LogP contribution is -2.42. The maximum atomic E-state index is 11.0. The van der Waals surface area contributed by atoms with E-state index >= 15 is 0 Å². The van der Waals surface area contributed by atoms with Crippen LogP contribution in [0.2, 0.25) is 0 Å². The smallest absolute Gasteiger partial charge is 0.327 e. The number of carbonyl (C=O) groups excluding carboxylic acids is 1. The molecule has 0 aromatic heterocycles. The fourth-order valence-corrected chi connectivity index (χ4v) is 1.96. The Hall–Kier alpha value is -1.49. The van der Waals surface area contributed by atoms with Crippen molar-refractivity contribution in [2.75, 3.05) is 16.9 Å². The summed E-state index contributed by atoms with van der Waals surface area (Å²) in [6.45, 7) is 0. The van der Waals surface area contributed by atoms with Crippen molar-refractivity contribution in [1.82, 2.24) is 0 Å². The zero-order chi connectivity index (χ0) is 12.0. The third-order valence-electron chi connectivity index (χ3n) is 2.11. The normalized spacial score (nSPS) is 11.8. The Morgan fingerprint density at radius 2 is 2.12 bits per heavy atom. The van der Waals surface area contributed by atoms with Crippen LogP contribution in [0.15, 0.2) is 30.3 Å². The number of nitrogens with zero attached hydrogens (tertiary/aromatic N) is 1. The van der Waals surface area contributed by atoms with Crippen LogP contribution in [0.3, 0.4) is 0 Å². The number of hydrogen-bond acceptors (Lipinski definition) is 3. The molecule has 1 amide bonds. The molecular formula is C11H13NO3S. The summed E-state index contributed by atoms with van der Waals surface area (Å²) in [6.07, 6.45) is 2.37. The van der Waals surface area contributed by atoms with Crippen LogP contribution < -0.4 is 4.90 Å². The van der Waals surface area contributed by atoms with Crippen molar-refractivity contribution in [1.29, 1.82) is 0 Å². The second-order valence-electron chi connectivity index (χ2n) is 3.16. The van der Waals surface area contributed by atoms with E-state index in [2.05, 4.69) is 0 Å². The quantitative estimate of drug-likeness (QED) is 0.764. The minimum absolute atomic E-state index is 0.364. The predicted octanol–water partition coefficient (Wildman–Crippen LogP) is 1.47. The van der Waals surface area contributed by atoms with Crippen molar-refractivity contribution in [3.05, 3.63) is 30.3 Å². The minimum Gasteiger partial charge on any atom is -0.480 e. The van der Waals surface area contributed by atoms with Crippen molar-refractivity contribution in [2.24, 2.45) is 0 Å². The number of thioether (sulfide) groups is 1. The van der Waals surface area contributed by atoms with E-state index in [4.69, 9.17) is 5.11 Å². The van der Waals surface area contributed by atoms with E-state index in [1.54, 1.807) is 24.3 Å². The van der Waals surface area contributed by atoms with E-state index in [9.17, 15) is 9.59 Å². The van der Waals surface area contributed by atoms with Gasteiger partial charge in [0.15, 0.2) is 0 Å². The number of anilines is 1. The van der Waals surface area contributed by atoms with Crippen LogP contribution in [-0.2, 0) is 9.59 Å². The molecule has 1 aromatic rings. The first-order valence-electron chi connectivity index (χ1n) is 4.71. The number of benzene rings is 1. The summed E-state index contributed by atoms with van der Waals surface area (Å²) in [5, 5.41) is 9.05. The highest BCUT2D eigenvalue weighted by molar-refractivity contribution is 7.98. The first kappa shape index (κ1) is 12.6. The summed E-state index contributed by atoms with van der Waals surface area (Å²) in [4.78, 5) is 23.3. The predicted molar refractivity (Wildman–Crippen MR) is 64.8 cm³/mol. The molecule has 1 unspecified atom stereocenters. The standard InChI is InChI=1S/C11H13NO3S/c1-16-7-10(11(14)15)12(8-13)9-5-3-2-4-6-9/h2-6,8,10H,7H2,1H3,(H,14,15). The van der Waals surface area contributed by atoms with E-state index in [-0.39, 0.29) is 0 Å². The molecular weight excluding hydrogens is 226 g/mol. The van der Waals surface area contributed by atoms with Gasteiger partial charge in [0.25, 0.3) is 0 Å². The average molecular weight is 239 g/mol. The molecule has 0 aliphatic heterocycles. The van der Waals surface area contributed by atoms with Crippen molar-refractivity contribution in [3.63, 3.8) is 0 Å². The molecule has 4 nitrogen and oxygen atoms in total. The van der Waals surface area contributed by atoms with E-state index in [1.165, 1.54) is 16.7 Å². The molecule has 0 heterocycles. The van der Waals surface area contributed by atoms with Gasteiger partial charge in [0, 0.05) is 11.4 Å². The average Bonchev–Trinajstić information content (AvgIpc) is 2.30. The highest BCUT2D eigenvalue weighted by Gasteiger charge is 2.24. The van der Waals surface area contributed by atoms with E-state index in [1.807, 2.05) is 12.3 Å². The number of para-hydroxylation sites is 1. The van der Waals surface area contributed by atoms with Gasteiger partial charge in [0.1, 0.15) is 6.04 Å². The summed E-state index contributed by atoms with van der Waals surface area (Å²) in [5.41, 5.74) is 0.596. The summed E-state index contributed by atoms with van der Waals surface area (Å²) in [7, 11) is 0. The van der Waals surface area contributed by atoms with Crippen LogP contribution in [0, 0.1) is 0 Å². The fourth-order valence-electron chi connectivity index (χ4n) is 1.34. The first-order valence-corrected chi connectivity index (χ1v) is 6.10. The van der Waals surface area contributed by atoms with Crippen LogP contribution in [0.4, 0.5) is 5.69 Å². The van der Waals surface area contributed by atoms with E-state index in [0.29, 0.717) is 17.9 Å². The second kappa shape index (κ2) is 6.17. The monoisotopic (exact) mass is 239 g/mol. The Balaban J connectivity index is 2.95. The van der Waals surface area contributed by atoms with Gasteiger partial charge in [-0.05, 0) is 18.4 Å². The lowest BCUT2D eigenvalue weighted by molar-refractivity contribution is -0.138. The largest absolute Gasteiger partial charge is 0.480 e. The molecule has 1 aromatic carbocycles. The number of carboxylic acid groups (broad SMARTS) is 1. The maximum absolute atomic E-state index is 11.0. The Labute approximate surface area is 98.3 Å². The van der Waals surface area contributed by atoms with Crippen LogP contribution in [-0.4, -0.2) is 35.5 Å². The number of aliphatic carboxylic acids is 1. The number of amides is 1. The first-order chi connectivity index (χ1) is 7.70. The van der Waals surface area contributed by atoms with Gasteiger partial charge in [-0.15, -0.1) is 0 Å². The van der Waals surface area contributed by atoms with Gasteiger partial charge in [-0.2, -0.15) is 11.8 Å². The third-order valence-corrected chi connectivity index (χ3v) is 2.76. The highest BCUT2D eigenvalue weighted by Crippen LogP contribution is 2.16. The van der Waals surface area contributed by atoms with Gasteiger partial charge in [-0.25, -0.2) is 4.79 Å². The van der Waals surface area contributed by atoms with Crippen molar-refractivity contribution < 1.29 is 14.7 Å². The van der Waals surface area contributed by atoms with Gasteiger partial charge in [0.05, 0.1) is 0 Å². The molecule has 16 heavy (non-hydrogen) atoms. The minimum atomic E-state index is -0.995. The summed E-state index contributed by atoms with van der Waals surface area (Å²) in [6, 6.07) is 7.95. The molecule has 1 rings (SSSR count). The number of hydrogen-bond donors (Lipinski definition) is 1. The molecule has 1 atom stereocenters. The number of rotatable bonds is 6. The molecule has 0 radical (unpaired) electrons. The molecule has 0 aliphatic carbocycles. The van der Waals surface area contributed by atoms with Gasteiger partial charge in [0.2, 0.25) is 6.41 Å². The molecule has 0 spiro atoms. The van der Waals surface area contributed by atoms with Crippen LogP contribution in [0.5, 0.6) is 0 Å². The molecule has 1 N–H and O–H groups in total. The summed E-state index contributed by atoms with van der Waals surface area (Å²) in [5.74, 6) is -0.631. The van der Waals surface area contributed by atoms with E-state index in [0.717, 1.165) is 0 Å². The third kappa shape index (κ3) is 3.00. The van der Waals surface area contributed by atoms with Gasteiger partial charge >= 0.3 is 5.97 Å². The molecule has 5 heteroatoms. The Bertz CT molecular complexity index is 356. The number of carbonyl (C=O) groups is 2. The van der Waals surface area contributed by atoms with E-state index < -0.39 is 12.0 Å². The zero-order valence-corrected chi connectivity index (χ0v) is 9.68. The lowest BCUT2D eigenvalue weighted by atomic mass is 10.2. The van der Waals surface area contributed by atoms with Gasteiger partial charge < -0.3 is 5.11 Å². The molecule has 0 aliphatic rings. The Kier molecular flexibility index (Phi) is 4.85. The molecule has 86 valence electrons. The van der Waals surface area contributed by atoms with Gasteiger partial charge in [-0.1, -0.05) is 18.2 Å². The molecule has 0 fully saturated rings. The fraction of sp³-hybridized carbons (Fsp3) is 0.273. The SMILES string of the molecule is CSCC(C(=O)O)N(C=O)c1ccccc1. The van der Waals surface area contributed by atoms with Gasteiger partial charge in [-0.3, -0.25) is 9.69 Å². The van der Waals surface area contributed by atoms with Crippen LogP contribution in [0.25, 0.3) is 0 Å². The maximum Gasteiger partial charge on any atom is 0.327 e. The highest BCUT2D eigenvalue weighted by atomic mass is 32.2. The van der Waals surface area contributed by atoms with Crippen molar-refractivity contribution in [2.45, 2.75) is 6.04 Å². The second-order valence-corrected chi connectivity index (χ2v) is 4.07. The topological polar surface area (TPSA) is 57.6 Å². The summed E-state index contributed by atoms with van der Waals surface area (Å²) >= 11 is 1.40. The molecule has 0 saturated heterocycles. The Morgan fingerprint density at radius 1 is 1.50 bits per heavy atom. The zero-order valence-electron chi connectivity index (χ0n) is 8.87. The van der Waals surface area contributed by atoms with Crippen LogP contribution in [0.1, 0.15) is 0 Å². The number of carboxylic acids is 1. The molecule has 0 bridgehead atoms. The summed E-state index contributed by atoms with van der Waals surface area (Å²) < 4.78 is 0. The van der Waals surface area contributed by atoms with Crippen LogP contribution >= 0.6 is 11.8 Å². The lowest BCUT2D eigenvalue weighted by Gasteiger charge is -2.24. The molecule has 0 saturated carbocycles. The Morgan fingerprint density at radius 3 is 2.56 bits per heavy atom. The van der Waals surface area contributed by atoms with Crippen molar-refractivity contribution in [3.8, 4) is 0 Å².